The number of benzene rings is 2. The second kappa shape index (κ2) is 10.2. The van der Waals surface area contributed by atoms with Gasteiger partial charge in [-0.2, -0.15) is 0 Å². The van der Waals surface area contributed by atoms with Gasteiger partial charge in [0.2, 0.25) is 5.91 Å². The highest BCUT2D eigenvalue weighted by atomic mass is 28.4. The molecule has 2 aromatic carbocycles. The molecular weight excluding hydrogens is 458 g/mol. The van der Waals surface area contributed by atoms with Crippen molar-refractivity contribution in [2.75, 3.05) is 13.7 Å². The number of rotatable bonds is 6. The molecule has 6 nitrogen and oxygen atoms in total. The molecule has 0 radical (unpaired) electrons. The summed E-state index contributed by atoms with van der Waals surface area (Å²) in [6, 6.07) is 20.4. The topological polar surface area (TPSA) is 76.1 Å². The van der Waals surface area contributed by atoms with Gasteiger partial charge in [-0.15, -0.1) is 0 Å². The molecule has 2 heterocycles. The summed E-state index contributed by atoms with van der Waals surface area (Å²) in [6.45, 7) is 7.09. The molecule has 35 heavy (non-hydrogen) atoms. The van der Waals surface area contributed by atoms with E-state index in [1.807, 2.05) is 17.0 Å². The number of ether oxygens (including phenoxy) is 1. The Morgan fingerprint density at radius 2 is 1.57 bits per heavy atom. The number of carbonyl (C=O) groups is 2. The van der Waals surface area contributed by atoms with Crippen molar-refractivity contribution in [2.45, 2.75) is 69.7 Å². The molecule has 4 rings (SSSR count). The van der Waals surface area contributed by atoms with Crippen LogP contribution < -0.4 is 10.4 Å². The van der Waals surface area contributed by atoms with Crippen molar-refractivity contribution in [2.24, 2.45) is 5.92 Å². The summed E-state index contributed by atoms with van der Waals surface area (Å²) in [6.07, 6.45) is 0.999. The zero-order chi connectivity index (χ0) is 25.2. The van der Waals surface area contributed by atoms with Gasteiger partial charge in [0.25, 0.3) is 8.32 Å². The molecule has 1 N–H and O–H groups in total. The molecule has 0 spiro atoms. The number of fused-ring (bicyclic) bond motifs is 1. The Morgan fingerprint density at radius 3 is 2.09 bits per heavy atom. The monoisotopic (exact) mass is 495 g/mol. The fourth-order valence-corrected chi connectivity index (χ4v) is 10.7. The van der Waals surface area contributed by atoms with Gasteiger partial charge >= 0.3 is 5.97 Å². The van der Waals surface area contributed by atoms with Gasteiger partial charge in [-0.25, -0.2) is 0 Å². The van der Waals surface area contributed by atoms with E-state index >= 15 is 0 Å². The van der Waals surface area contributed by atoms with Crippen molar-refractivity contribution in [3.8, 4) is 0 Å². The molecule has 2 fully saturated rings. The van der Waals surface area contributed by atoms with Crippen molar-refractivity contribution in [1.29, 1.82) is 0 Å². The molecule has 0 saturated carbocycles. The summed E-state index contributed by atoms with van der Waals surface area (Å²) < 4.78 is 12.1. The molecule has 2 aliphatic heterocycles. The Morgan fingerprint density at radius 1 is 1.00 bits per heavy atom. The molecule has 7 heteroatoms. The molecule has 0 aromatic heterocycles. The van der Waals surface area contributed by atoms with Crippen LogP contribution in [0.3, 0.4) is 0 Å². The fraction of sp³-hybridized carbons (Fsp3) is 0.500. The van der Waals surface area contributed by atoms with Crippen molar-refractivity contribution >= 4 is 30.6 Å². The van der Waals surface area contributed by atoms with E-state index in [1.165, 1.54) is 17.5 Å². The first kappa shape index (κ1) is 25.6. The van der Waals surface area contributed by atoms with Crippen LogP contribution in [0, 0.1) is 5.92 Å². The van der Waals surface area contributed by atoms with Crippen LogP contribution >= 0.6 is 0 Å². The minimum absolute atomic E-state index is 0.0194. The second-order valence-electron chi connectivity index (χ2n) is 10.7. The molecule has 0 aliphatic carbocycles. The lowest BCUT2D eigenvalue weighted by molar-refractivity contribution is -0.153. The number of aliphatic hydroxyl groups is 1. The van der Waals surface area contributed by atoms with Gasteiger partial charge in [0.1, 0.15) is 5.92 Å². The van der Waals surface area contributed by atoms with E-state index in [9.17, 15) is 14.7 Å². The third-order valence-corrected chi connectivity index (χ3v) is 12.7. The highest BCUT2D eigenvalue weighted by Crippen LogP contribution is 2.40. The maximum Gasteiger partial charge on any atom is 0.313 e. The minimum atomic E-state index is -2.75. The van der Waals surface area contributed by atoms with Crippen LogP contribution in [0.25, 0.3) is 0 Å². The maximum atomic E-state index is 13.2. The Hall–Kier alpha value is -2.48. The summed E-state index contributed by atoms with van der Waals surface area (Å²) in [7, 11) is -1.41. The number of nitrogens with zero attached hydrogens (tertiary/aromatic N) is 1. The van der Waals surface area contributed by atoms with Gasteiger partial charge in [0.05, 0.1) is 25.9 Å². The third kappa shape index (κ3) is 4.69. The highest BCUT2D eigenvalue weighted by molar-refractivity contribution is 6.99. The van der Waals surface area contributed by atoms with Crippen LogP contribution in [0.15, 0.2) is 60.7 Å². The van der Waals surface area contributed by atoms with Crippen LogP contribution in [0.5, 0.6) is 0 Å². The van der Waals surface area contributed by atoms with E-state index < -0.39 is 26.3 Å². The summed E-state index contributed by atoms with van der Waals surface area (Å²) in [4.78, 5) is 27.6. The number of hydrogen-bond donors (Lipinski definition) is 1. The summed E-state index contributed by atoms with van der Waals surface area (Å²) >= 11 is 0. The van der Waals surface area contributed by atoms with Crippen molar-refractivity contribution in [1.82, 2.24) is 4.90 Å². The Bertz CT molecular complexity index is 983. The lowest BCUT2D eigenvalue weighted by Crippen LogP contribution is -2.67. The van der Waals surface area contributed by atoms with Crippen LogP contribution in [0.4, 0.5) is 0 Å². The molecule has 1 amide bonds. The molecule has 2 aliphatic rings. The highest BCUT2D eigenvalue weighted by Gasteiger charge is 2.53. The smallest absolute Gasteiger partial charge is 0.313 e. The predicted molar refractivity (Wildman–Crippen MR) is 138 cm³/mol. The van der Waals surface area contributed by atoms with E-state index in [-0.39, 0.29) is 35.9 Å². The first-order valence-corrected chi connectivity index (χ1v) is 14.4. The van der Waals surface area contributed by atoms with Gasteiger partial charge in [-0.3, -0.25) is 9.59 Å². The van der Waals surface area contributed by atoms with E-state index in [0.717, 1.165) is 6.42 Å². The first-order valence-electron chi connectivity index (χ1n) is 12.5. The van der Waals surface area contributed by atoms with Crippen molar-refractivity contribution < 1.29 is 23.9 Å². The number of methoxy groups -OCH3 is 1. The summed E-state index contributed by atoms with van der Waals surface area (Å²) in [5, 5.41) is 12.9. The number of esters is 1. The molecule has 0 bridgehead atoms. The normalized spacial score (nSPS) is 25.2. The van der Waals surface area contributed by atoms with Gasteiger partial charge in [0, 0.05) is 12.5 Å². The summed E-state index contributed by atoms with van der Waals surface area (Å²) in [5.74, 6) is -1.19. The van der Waals surface area contributed by atoms with E-state index in [2.05, 4.69) is 69.3 Å². The summed E-state index contributed by atoms with van der Waals surface area (Å²) in [5.41, 5.74) is 0. The van der Waals surface area contributed by atoms with Crippen LogP contribution in [-0.2, 0) is 18.8 Å². The fourth-order valence-electron chi connectivity index (χ4n) is 6.09. The maximum absolute atomic E-state index is 13.2. The average molecular weight is 496 g/mol. The molecule has 188 valence electrons. The number of amides is 1. The lowest BCUT2D eigenvalue weighted by atomic mass is 9.91. The number of aliphatic hydroxyl groups excluding tert-OH is 1. The van der Waals surface area contributed by atoms with Crippen LogP contribution in [0.2, 0.25) is 5.04 Å². The van der Waals surface area contributed by atoms with Crippen LogP contribution in [0.1, 0.15) is 46.5 Å². The third-order valence-electron chi connectivity index (χ3n) is 7.70. The Labute approximate surface area is 209 Å². The SMILES string of the molecule is COC(=O)[C@H]1[C@@H](O)CCC(=O)N2[C@H](CO[Si](c3ccccc3)(c3ccccc3)C(C)(C)C)CC[C@@H]12. The minimum Gasteiger partial charge on any atom is -0.469 e. The van der Waals surface area contributed by atoms with Crippen LogP contribution in [-0.4, -0.2) is 62.1 Å². The zero-order valence-corrected chi connectivity index (χ0v) is 22.1. The lowest BCUT2D eigenvalue weighted by Gasteiger charge is -2.44. The van der Waals surface area contributed by atoms with Gasteiger partial charge in [-0.1, -0.05) is 81.4 Å². The largest absolute Gasteiger partial charge is 0.469 e. The first-order chi connectivity index (χ1) is 16.7. The van der Waals surface area contributed by atoms with E-state index in [4.69, 9.17) is 9.16 Å². The Kier molecular flexibility index (Phi) is 7.50. The van der Waals surface area contributed by atoms with Gasteiger partial charge < -0.3 is 19.2 Å². The second-order valence-corrected chi connectivity index (χ2v) is 15.0. The molecule has 2 aromatic rings. The Balaban J connectivity index is 1.70. The number of carbonyl (C=O) groups excluding carboxylic acids is 2. The molecule has 4 atom stereocenters. The van der Waals surface area contributed by atoms with E-state index in [0.29, 0.717) is 13.0 Å². The molecular formula is C28H37NO5Si. The van der Waals surface area contributed by atoms with Crippen molar-refractivity contribution in [3.05, 3.63) is 60.7 Å². The van der Waals surface area contributed by atoms with E-state index in [1.54, 1.807) is 0 Å². The van der Waals surface area contributed by atoms with Gasteiger partial charge in [0.15, 0.2) is 0 Å². The number of hydrogen-bond acceptors (Lipinski definition) is 5. The molecule has 0 unspecified atom stereocenters. The van der Waals surface area contributed by atoms with Gasteiger partial charge in [-0.05, 0) is 34.7 Å². The zero-order valence-electron chi connectivity index (χ0n) is 21.1. The quantitative estimate of drug-likeness (QED) is 0.493. The standard InChI is InChI=1S/C28H37NO5Si/c1-28(2,3)35(21-11-7-5-8-12-21,22-13-9-6-10-14-22)34-19-20-15-16-23-26(27(32)33-4)24(30)17-18-25(31)29(20)23/h5-14,20,23-24,26,30H,15-19H2,1-4H3/t20-,23-,24-,26+/m0/s1. The molecule has 2 saturated heterocycles. The van der Waals surface area contributed by atoms with Crippen molar-refractivity contribution in [3.63, 3.8) is 0 Å². The average Bonchev–Trinajstić information content (AvgIpc) is 3.21. The predicted octanol–water partition coefficient (Wildman–Crippen LogP) is 2.87.